The summed E-state index contributed by atoms with van der Waals surface area (Å²) in [5, 5.41) is 7.04. The van der Waals surface area contributed by atoms with Crippen molar-refractivity contribution >= 4 is 33.8 Å². The lowest BCUT2D eigenvalue weighted by molar-refractivity contribution is 0.256. The van der Waals surface area contributed by atoms with Crippen molar-refractivity contribution in [3.63, 3.8) is 0 Å². The number of hydrogen-bond donors (Lipinski definition) is 3. The van der Waals surface area contributed by atoms with Gasteiger partial charge in [-0.25, -0.2) is 22.6 Å². The number of hydrogen-bond acceptors (Lipinski definition) is 7. The molecule has 2 heterocycles. The summed E-state index contributed by atoms with van der Waals surface area (Å²) in [5.74, 6) is 0.339. The maximum absolute atomic E-state index is 12.5. The predicted molar refractivity (Wildman–Crippen MR) is 102 cm³/mol. The van der Waals surface area contributed by atoms with Gasteiger partial charge < -0.3 is 10.5 Å². The minimum Gasteiger partial charge on any atom is -0.477 e. The molecule has 0 atom stereocenters. The van der Waals surface area contributed by atoms with Gasteiger partial charge in [0, 0.05) is 37.2 Å². The largest absolute Gasteiger partial charge is 0.477 e. The van der Waals surface area contributed by atoms with E-state index in [1.165, 1.54) is 0 Å². The van der Waals surface area contributed by atoms with Crippen LogP contribution in [-0.2, 0) is 21.2 Å². The average molecular weight is 394 g/mol. The number of aromatic nitrogens is 2. The zero-order valence-corrected chi connectivity index (χ0v) is 15.9. The Hall–Kier alpha value is -2.82. The van der Waals surface area contributed by atoms with Gasteiger partial charge in [-0.1, -0.05) is 12.2 Å². The Bertz CT molecular complexity index is 942. The maximum Gasteiger partial charge on any atom is 0.334 e. The summed E-state index contributed by atoms with van der Waals surface area (Å²) >= 11 is 0. The lowest BCUT2D eigenvalue weighted by Gasteiger charge is -2.17. The Balaban J connectivity index is 1.80. The number of ether oxygens (including phenoxy) is 1. The molecule has 2 amide bonds. The molecule has 0 aromatic carbocycles. The molecule has 1 aliphatic heterocycles. The minimum absolute atomic E-state index is 0.0135. The minimum atomic E-state index is -4.25. The number of nitrogens with two attached hydrogens (primary N) is 1. The number of sulfonamides is 1. The van der Waals surface area contributed by atoms with Crippen molar-refractivity contribution in [2.75, 3.05) is 18.5 Å². The van der Waals surface area contributed by atoms with Gasteiger partial charge in [0.15, 0.2) is 4.91 Å². The standard InChI is InChI=1S/C16H22N6O4S/c1-10(2)22-14(11-5-3-6-12(11)20-22)19-16(23)21-27(24,25)13(9-17)15-18-7-4-8-26-15/h3,5,9-10H,4,6-8,17H2,1-2H3,(H2,19,21,23)/b13-9+. The van der Waals surface area contributed by atoms with Gasteiger partial charge in [-0.15, -0.1) is 0 Å². The van der Waals surface area contributed by atoms with Gasteiger partial charge in [0.2, 0.25) is 5.90 Å². The van der Waals surface area contributed by atoms with Crippen molar-refractivity contribution in [3.05, 3.63) is 28.4 Å². The summed E-state index contributed by atoms with van der Waals surface area (Å²) in [6, 6.07) is -0.934. The zero-order chi connectivity index (χ0) is 19.6. The molecule has 146 valence electrons. The fourth-order valence-corrected chi connectivity index (χ4v) is 3.74. The van der Waals surface area contributed by atoms with E-state index < -0.39 is 16.1 Å². The first-order valence-electron chi connectivity index (χ1n) is 8.54. The van der Waals surface area contributed by atoms with Crippen molar-refractivity contribution < 1.29 is 17.9 Å². The summed E-state index contributed by atoms with van der Waals surface area (Å²) in [5.41, 5.74) is 7.04. The third-order valence-corrected chi connectivity index (χ3v) is 5.36. The molecule has 1 aromatic heterocycles. The number of anilines is 1. The second-order valence-electron chi connectivity index (χ2n) is 6.33. The van der Waals surface area contributed by atoms with Gasteiger partial charge in [0.25, 0.3) is 10.0 Å². The monoisotopic (exact) mass is 394 g/mol. The molecule has 0 saturated carbocycles. The second kappa shape index (κ2) is 7.43. The number of nitrogens with one attached hydrogen (secondary N) is 2. The normalized spacial score (nSPS) is 16.7. The number of allylic oxidation sites excluding steroid dienone is 1. The Morgan fingerprint density at radius 1 is 1.44 bits per heavy atom. The number of aliphatic imine (C=N–C) groups is 1. The van der Waals surface area contributed by atoms with Crippen LogP contribution in [0, 0.1) is 0 Å². The molecular formula is C16H22N6O4S. The predicted octanol–water partition coefficient (Wildman–Crippen LogP) is 1.10. The smallest absolute Gasteiger partial charge is 0.334 e. The van der Waals surface area contributed by atoms with Crippen LogP contribution in [0.5, 0.6) is 0 Å². The first-order valence-corrected chi connectivity index (χ1v) is 10.0. The third-order valence-electron chi connectivity index (χ3n) is 4.02. The number of amides is 2. The van der Waals surface area contributed by atoms with Crippen molar-refractivity contribution in [1.82, 2.24) is 14.5 Å². The lowest BCUT2D eigenvalue weighted by atomic mass is 10.3. The molecule has 0 fully saturated rings. The summed E-state index contributed by atoms with van der Waals surface area (Å²) in [7, 11) is -4.25. The number of carbonyl (C=O) groups is 1. The highest BCUT2D eigenvalue weighted by Gasteiger charge is 2.29. The molecule has 0 radical (unpaired) electrons. The molecule has 0 saturated heterocycles. The fraction of sp³-hybridized carbons (Fsp3) is 0.438. The Labute approximate surface area is 157 Å². The van der Waals surface area contributed by atoms with E-state index in [4.69, 9.17) is 10.5 Å². The van der Waals surface area contributed by atoms with Crippen LogP contribution < -0.4 is 15.8 Å². The number of nitrogens with zero attached hydrogens (tertiary/aromatic N) is 3. The molecule has 0 bridgehead atoms. The molecule has 27 heavy (non-hydrogen) atoms. The second-order valence-corrected chi connectivity index (χ2v) is 7.98. The van der Waals surface area contributed by atoms with E-state index in [-0.39, 0.29) is 16.8 Å². The van der Waals surface area contributed by atoms with Crippen molar-refractivity contribution in [1.29, 1.82) is 0 Å². The van der Waals surface area contributed by atoms with Crippen LogP contribution in [0.15, 0.2) is 22.2 Å². The van der Waals surface area contributed by atoms with Crippen molar-refractivity contribution in [2.45, 2.75) is 32.7 Å². The number of carbonyl (C=O) groups excluding carboxylic acids is 1. The zero-order valence-electron chi connectivity index (χ0n) is 15.1. The maximum atomic E-state index is 12.5. The first kappa shape index (κ1) is 19.0. The van der Waals surface area contributed by atoms with Crippen molar-refractivity contribution in [2.24, 2.45) is 10.7 Å². The van der Waals surface area contributed by atoms with Gasteiger partial charge in [-0.2, -0.15) is 5.10 Å². The molecular weight excluding hydrogens is 372 g/mol. The summed E-state index contributed by atoms with van der Waals surface area (Å²) in [4.78, 5) is 16.0. The van der Waals surface area contributed by atoms with Crippen molar-refractivity contribution in [3.8, 4) is 0 Å². The van der Waals surface area contributed by atoms with Crippen LogP contribution in [0.3, 0.4) is 0 Å². The van der Waals surface area contributed by atoms with Gasteiger partial charge in [-0.3, -0.25) is 10.3 Å². The highest BCUT2D eigenvalue weighted by molar-refractivity contribution is 7.94. The van der Waals surface area contributed by atoms with Crippen LogP contribution in [0.25, 0.3) is 6.08 Å². The van der Waals surface area contributed by atoms with Gasteiger partial charge >= 0.3 is 6.03 Å². The molecule has 3 rings (SSSR count). The van der Waals surface area contributed by atoms with Gasteiger partial charge in [0.1, 0.15) is 5.82 Å². The van der Waals surface area contributed by atoms with Crippen LogP contribution in [0.4, 0.5) is 10.6 Å². The highest BCUT2D eigenvalue weighted by Crippen LogP contribution is 2.29. The number of rotatable bonds is 5. The highest BCUT2D eigenvalue weighted by atomic mass is 32.2. The van der Waals surface area contributed by atoms with Crippen LogP contribution in [0.2, 0.25) is 0 Å². The topological polar surface area (TPSA) is 141 Å². The molecule has 0 spiro atoms. The van der Waals surface area contributed by atoms with E-state index in [2.05, 4.69) is 15.4 Å². The average Bonchev–Trinajstić information content (AvgIpc) is 3.18. The van der Waals surface area contributed by atoms with E-state index in [0.29, 0.717) is 31.8 Å². The molecule has 4 N–H and O–H groups in total. The number of urea groups is 1. The Morgan fingerprint density at radius 2 is 2.22 bits per heavy atom. The van der Waals surface area contributed by atoms with Crippen LogP contribution >= 0.6 is 0 Å². The van der Waals surface area contributed by atoms with E-state index in [1.54, 1.807) is 4.68 Å². The Kier molecular flexibility index (Phi) is 5.22. The molecule has 0 unspecified atom stereocenters. The van der Waals surface area contributed by atoms with E-state index >= 15 is 0 Å². The third kappa shape index (κ3) is 3.82. The molecule has 2 aliphatic rings. The van der Waals surface area contributed by atoms with Crippen LogP contribution in [0.1, 0.15) is 37.6 Å². The van der Waals surface area contributed by atoms with Gasteiger partial charge in [-0.05, 0) is 13.8 Å². The fourth-order valence-electron chi connectivity index (χ4n) is 2.80. The quantitative estimate of drug-likeness (QED) is 0.683. The lowest BCUT2D eigenvalue weighted by Crippen LogP contribution is -2.38. The van der Waals surface area contributed by atoms with Gasteiger partial charge in [0.05, 0.1) is 12.3 Å². The van der Waals surface area contributed by atoms with E-state index in [0.717, 1.165) is 17.5 Å². The summed E-state index contributed by atoms with van der Waals surface area (Å²) < 4.78 is 33.9. The molecule has 11 heteroatoms. The van der Waals surface area contributed by atoms with Crippen LogP contribution in [-0.4, -0.2) is 43.3 Å². The first-order chi connectivity index (χ1) is 12.8. The van der Waals surface area contributed by atoms with E-state index in [9.17, 15) is 13.2 Å². The number of fused-ring (bicyclic) bond motifs is 1. The Morgan fingerprint density at radius 3 is 2.85 bits per heavy atom. The molecule has 10 nitrogen and oxygen atoms in total. The molecule has 1 aliphatic carbocycles. The van der Waals surface area contributed by atoms with E-state index in [1.807, 2.05) is 30.7 Å². The summed E-state index contributed by atoms with van der Waals surface area (Å²) in [6.07, 6.45) is 5.99. The summed E-state index contributed by atoms with van der Waals surface area (Å²) in [6.45, 7) is 4.60. The SMILES string of the molecule is CC(C)n1nc2c(c1NC(=O)NS(=O)(=O)/C(=C/N)C1=NCCCO1)C=CC2. The molecule has 1 aromatic rings.